The van der Waals surface area contributed by atoms with Crippen LogP contribution in [0.5, 0.6) is 0 Å². The van der Waals surface area contributed by atoms with E-state index in [1.807, 2.05) is 6.92 Å². The van der Waals surface area contributed by atoms with Gasteiger partial charge in [0, 0.05) is 5.69 Å². The second kappa shape index (κ2) is 4.82. The van der Waals surface area contributed by atoms with Gasteiger partial charge in [0.05, 0.1) is 11.0 Å². The van der Waals surface area contributed by atoms with Gasteiger partial charge in [-0.15, -0.1) is 0 Å². The molecule has 90 valence electrons. The number of nitrogens with two attached hydrogens (primary N) is 1. The molecular formula is C11H16FNO2S. The minimum Gasteiger partial charge on any atom is -0.398 e. The summed E-state index contributed by atoms with van der Waals surface area (Å²) in [5.41, 5.74) is 6.21. The van der Waals surface area contributed by atoms with Crippen molar-refractivity contribution in [2.24, 2.45) is 0 Å². The van der Waals surface area contributed by atoms with Gasteiger partial charge in [-0.1, -0.05) is 13.0 Å². The van der Waals surface area contributed by atoms with E-state index in [-0.39, 0.29) is 11.4 Å². The van der Waals surface area contributed by atoms with E-state index in [4.69, 9.17) is 5.73 Å². The Balaban J connectivity index is 2.97. The Morgan fingerprint density at radius 1 is 1.44 bits per heavy atom. The monoisotopic (exact) mass is 245 g/mol. The van der Waals surface area contributed by atoms with E-state index in [1.165, 1.54) is 12.1 Å². The zero-order valence-corrected chi connectivity index (χ0v) is 10.2. The zero-order valence-electron chi connectivity index (χ0n) is 9.40. The van der Waals surface area contributed by atoms with Crippen LogP contribution in [-0.2, 0) is 15.6 Å². The lowest BCUT2D eigenvalue weighted by Crippen LogP contribution is -2.19. The largest absolute Gasteiger partial charge is 0.398 e. The molecule has 5 heteroatoms. The first-order valence-corrected chi connectivity index (χ1v) is 6.84. The Morgan fingerprint density at radius 2 is 2.06 bits per heavy atom. The minimum absolute atomic E-state index is 0.131. The highest BCUT2D eigenvalue weighted by atomic mass is 32.2. The molecule has 0 radical (unpaired) electrons. The molecule has 0 aromatic heterocycles. The standard InChI is InChI=1S/C11H16FNO2S/c1-3-8(2)16(14,15)7-9-4-5-10(12)6-11(9)13/h4-6,8H,3,7,13H2,1-2H3. The maximum atomic E-state index is 12.8. The summed E-state index contributed by atoms with van der Waals surface area (Å²) < 4.78 is 36.4. The number of benzene rings is 1. The average molecular weight is 245 g/mol. The number of halogens is 1. The van der Waals surface area contributed by atoms with Crippen molar-refractivity contribution in [3.05, 3.63) is 29.6 Å². The Morgan fingerprint density at radius 3 is 2.56 bits per heavy atom. The van der Waals surface area contributed by atoms with Gasteiger partial charge in [-0.3, -0.25) is 0 Å². The van der Waals surface area contributed by atoms with Gasteiger partial charge in [0.15, 0.2) is 9.84 Å². The van der Waals surface area contributed by atoms with Crippen molar-refractivity contribution in [3.8, 4) is 0 Å². The Bertz CT molecular complexity index is 471. The highest BCUT2D eigenvalue weighted by Crippen LogP contribution is 2.19. The van der Waals surface area contributed by atoms with Crippen LogP contribution < -0.4 is 5.73 Å². The van der Waals surface area contributed by atoms with Crippen LogP contribution in [0.25, 0.3) is 0 Å². The van der Waals surface area contributed by atoms with Crippen LogP contribution in [-0.4, -0.2) is 13.7 Å². The van der Waals surface area contributed by atoms with Gasteiger partial charge in [0.1, 0.15) is 5.82 Å². The van der Waals surface area contributed by atoms with E-state index < -0.39 is 20.9 Å². The molecule has 1 aromatic carbocycles. The van der Waals surface area contributed by atoms with Crippen LogP contribution in [0.15, 0.2) is 18.2 Å². The maximum Gasteiger partial charge on any atom is 0.157 e. The van der Waals surface area contributed by atoms with E-state index in [2.05, 4.69) is 0 Å². The summed E-state index contributed by atoms with van der Waals surface area (Å²) in [7, 11) is -3.20. The van der Waals surface area contributed by atoms with E-state index in [1.54, 1.807) is 6.92 Å². The molecule has 1 aromatic rings. The molecule has 3 nitrogen and oxygen atoms in total. The molecule has 0 fully saturated rings. The molecule has 0 bridgehead atoms. The first kappa shape index (κ1) is 13.0. The average Bonchev–Trinajstić information content (AvgIpc) is 2.21. The molecule has 1 unspecified atom stereocenters. The normalized spacial score (nSPS) is 13.7. The number of nitrogen functional groups attached to an aromatic ring is 1. The summed E-state index contributed by atoms with van der Waals surface area (Å²) in [4.78, 5) is 0. The van der Waals surface area contributed by atoms with Gasteiger partial charge < -0.3 is 5.73 Å². The molecule has 1 atom stereocenters. The van der Waals surface area contributed by atoms with Crippen molar-refractivity contribution in [3.63, 3.8) is 0 Å². The fourth-order valence-electron chi connectivity index (χ4n) is 1.31. The molecule has 2 N–H and O–H groups in total. The highest BCUT2D eigenvalue weighted by Gasteiger charge is 2.20. The van der Waals surface area contributed by atoms with Crippen molar-refractivity contribution in [1.29, 1.82) is 0 Å². The lowest BCUT2D eigenvalue weighted by Gasteiger charge is -2.11. The van der Waals surface area contributed by atoms with Gasteiger partial charge in [0.2, 0.25) is 0 Å². The summed E-state index contributed by atoms with van der Waals surface area (Å²) in [6.07, 6.45) is 0.559. The van der Waals surface area contributed by atoms with E-state index in [0.29, 0.717) is 12.0 Å². The van der Waals surface area contributed by atoms with Gasteiger partial charge in [-0.2, -0.15) is 0 Å². The molecule has 0 heterocycles. The van der Waals surface area contributed by atoms with E-state index >= 15 is 0 Å². The van der Waals surface area contributed by atoms with Gasteiger partial charge in [0.25, 0.3) is 0 Å². The van der Waals surface area contributed by atoms with Crippen molar-refractivity contribution >= 4 is 15.5 Å². The number of sulfone groups is 1. The predicted molar refractivity (Wildman–Crippen MR) is 63.2 cm³/mol. The van der Waals surface area contributed by atoms with Crippen LogP contribution >= 0.6 is 0 Å². The number of hydrogen-bond donors (Lipinski definition) is 1. The summed E-state index contributed by atoms with van der Waals surface area (Å²) >= 11 is 0. The van der Waals surface area contributed by atoms with E-state index in [0.717, 1.165) is 6.07 Å². The fraction of sp³-hybridized carbons (Fsp3) is 0.455. The molecule has 0 spiro atoms. The lowest BCUT2D eigenvalue weighted by molar-refractivity contribution is 0.580. The van der Waals surface area contributed by atoms with Crippen molar-refractivity contribution in [2.45, 2.75) is 31.3 Å². The van der Waals surface area contributed by atoms with Crippen molar-refractivity contribution in [1.82, 2.24) is 0 Å². The predicted octanol–water partition coefficient (Wildman–Crippen LogP) is 2.12. The third kappa shape index (κ3) is 2.95. The smallest absolute Gasteiger partial charge is 0.157 e. The third-order valence-electron chi connectivity index (χ3n) is 2.65. The van der Waals surface area contributed by atoms with Gasteiger partial charge in [-0.25, -0.2) is 12.8 Å². The molecule has 1 rings (SSSR count). The molecule has 0 aliphatic rings. The van der Waals surface area contributed by atoms with Crippen molar-refractivity contribution < 1.29 is 12.8 Å². The first-order chi connectivity index (χ1) is 7.36. The van der Waals surface area contributed by atoms with Crippen LogP contribution in [0, 0.1) is 5.82 Å². The maximum absolute atomic E-state index is 12.8. The summed E-state index contributed by atoms with van der Waals surface area (Å²) in [5, 5.41) is -0.406. The summed E-state index contributed by atoms with van der Waals surface area (Å²) in [6.45, 7) is 3.48. The number of hydrogen-bond acceptors (Lipinski definition) is 3. The third-order valence-corrected chi connectivity index (χ3v) is 4.93. The summed E-state index contributed by atoms with van der Waals surface area (Å²) in [6, 6.07) is 3.78. The molecule has 0 saturated carbocycles. The Hall–Kier alpha value is -1.10. The Labute approximate surface area is 95.4 Å². The minimum atomic E-state index is -3.20. The molecular weight excluding hydrogens is 229 g/mol. The zero-order chi connectivity index (χ0) is 12.3. The van der Waals surface area contributed by atoms with Crippen LogP contribution in [0.2, 0.25) is 0 Å². The highest BCUT2D eigenvalue weighted by molar-refractivity contribution is 7.91. The van der Waals surface area contributed by atoms with Crippen molar-refractivity contribution in [2.75, 3.05) is 5.73 Å². The van der Waals surface area contributed by atoms with E-state index in [9.17, 15) is 12.8 Å². The van der Waals surface area contributed by atoms with Crippen LogP contribution in [0.4, 0.5) is 10.1 Å². The Kier molecular flexibility index (Phi) is 3.91. The topological polar surface area (TPSA) is 60.2 Å². The second-order valence-corrected chi connectivity index (χ2v) is 6.29. The first-order valence-electron chi connectivity index (χ1n) is 5.12. The second-order valence-electron chi connectivity index (χ2n) is 3.87. The van der Waals surface area contributed by atoms with Gasteiger partial charge >= 0.3 is 0 Å². The number of anilines is 1. The van der Waals surface area contributed by atoms with Gasteiger partial charge in [-0.05, 0) is 31.0 Å². The molecule has 0 saturated heterocycles. The SMILES string of the molecule is CCC(C)S(=O)(=O)Cc1ccc(F)cc1N. The lowest BCUT2D eigenvalue weighted by atomic mass is 10.2. The molecule has 16 heavy (non-hydrogen) atoms. The molecule has 0 aliphatic heterocycles. The summed E-state index contributed by atoms with van der Waals surface area (Å²) in [5.74, 6) is -0.587. The van der Waals surface area contributed by atoms with Crippen LogP contribution in [0.3, 0.4) is 0 Å². The van der Waals surface area contributed by atoms with Crippen LogP contribution in [0.1, 0.15) is 25.8 Å². The quantitative estimate of drug-likeness (QED) is 0.826. The fourth-order valence-corrected chi connectivity index (χ4v) is 2.80. The molecule has 0 aliphatic carbocycles. The molecule has 0 amide bonds. The number of rotatable bonds is 4.